The predicted molar refractivity (Wildman–Crippen MR) is 190 cm³/mol. The van der Waals surface area contributed by atoms with Crippen LogP contribution in [-0.4, -0.2) is 45.7 Å². The van der Waals surface area contributed by atoms with Crippen molar-refractivity contribution in [1.82, 2.24) is 0 Å². The van der Waals surface area contributed by atoms with E-state index in [1.807, 2.05) is 126 Å². The number of allylic oxidation sites excluding steroid dienone is 3. The summed E-state index contributed by atoms with van der Waals surface area (Å²) >= 11 is 0. The predicted octanol–water partition coefficient (Wildman–Crippen LogP) is 6.36. The summed E-state index contributed by atoms with van der Waals surface area (Å²) in [5, 5.41) is 0. The van der Waals surface area contributed by atoms with Gasteiger partial charge in [0.1, 0.15) is 0 Å². The standard InChI is InChI=1S/C37H36N2O10S2/c1-2-27(23-36-38(19-9-21-46-50(40,41)42)32-25-30(15-17-34(32)48-36)28-11-5-3-6-12-28)24-37-39(20-10-22-47-51(43,44)45)33-26-31(16-18-35(33)49-37)29-13-7-4-8-14-29/h2-8,11-18,23,25-26H,9-10,19-22,24H2,1H3,(H-,40,41,42,43,44,45)/b27-2+,36-23-. The smallest absolute Gasteiger partial charge is 0.397 e. The van der Waals surface area contributed by atoms with Crippen LogP contribution in [0.1, 0.15) is 25.7 Å². The van der Waals surface area contributed by atoms with Crippen molar-refractivity contribution in [1.29, 1.82) is 0 Å². The molecule has 12 nitrogen and oxygen atoms in total. The molecule has 5 aromatic rings. The number of nitrogens with zero attached hydrogens (tertiary/aromatic N) is 2. The number of oxazole rings is 1. The van der Waals surface area contributed by atoms with Crippen molar-refractivity contribution in [3.63, 3.8) is 0 Å². The summed E-state index contributed by atoms with van der Waals surface area (Å²) in [5.41, 5.74) is 7.00. The highest BCUT2D eigenvalue weighted by atomic mass is 32.3. The average Bonchev–Trinajstić information content (AvgIpc) is 3.63. The first-order valence-corrected chi connectivity index (χ1v) is 18.9. The molecule has 0 bridgehead atoms. The van der Waals surface area contributed by atoms with E-state index >= 15 is 0 Å². The molecule has 0 fully saturated rings. The van der Waals surface area contributed by atoms with Crippen molar-refractivity contribution < 1.29 is 48.0 Å². The number of benzene rings is 4. The molecule has 1 aromatic heterocycles. The molecule has 6 rings (SSSR count). The lowest BCUT2D eigenvalue weighted by molar-refractivity contribution is -0.684. The summed E-state index contributed by atoms with van der Waals surface area (Å²) < 4.78 is 88.3. The SMILES string of the molecule is C/C=C(\C=C1/Oc2ccc(-c3ccccc3)cc2N1CCCOS(=O)(=O)O)Cc1oc2ccc(-c3ccccc3)cc2[n+]1CCCOS(=O)(=O)[O-]. The van der Waals surface area contributed by atoms with Gasteiger partial charge in [0.15, 0.2) is 12.3 Å². The Hall–Kier alpha value is -4.83. The second-order valence-electron chi connectivity index (χ2n) is 11.7. The number of hydrogen-bond donors (Lipinski definition) is 1. The van der Waals surface area contributed by atoms with E-state index in [4.69, 9.17) is 13.7 Å². The second kappa shape index (κ2) is 15.6. The van der Waals surface area contributed by atoms with Gasteiger partial charge in [0.05, 0.1) is 25.3 Å². The van der Waals surface area contributed by atoms with E-state index in [1.165, 1.54) is 0 Å². The Kier molecular flexibility index (Phi) is 11.0. The highest BCUT2D eigenvalue weighted by Gasteiger charge is 2.29. The third kappa shape index (κ3) is 9.29. The molecule has 0 amide bonds. The van der Waals surface area contributed by atoms with Crippen molar-refractivity contribution in [2.75, 3.05) is 24.7 Å². The third-order valence-corrected chi connectivity index (χ3v) is 9.19. The summed E-state index contributed by atoms with van der Waals surface area (Å²) in [6.07, 6.45) is 4.62. The zero-order valence-corrected chi connectivity index (χ0v) is 29.3. The lowest BCUT2D eigenvalue weighted by atomic mass is 10.0. The van der Waals surface area contributed by atoms with Crippen LogP contribution in [0.2, 0.25) is 0 Å². The quantitative estimate of drug-likeness (QED) is 0.0552. The first-order valence-electron chi connectivity index (χ1n) is 16.2. The van der Waals surface area contributed by atoms with Gasteiger partial charge < -0.3 is 18.6 Å². The molecule has 4 aromatic carbocycles. The molecule has 14 heteroatoms. The summed E-state index contributed by atoms with van der Waals surface area (Å²) in [6.45, 7) is 2.01. The Bertz CT molecular complexity index is 2290. The van der Waals surface area contributed by atoms with Crippen LogP contribution in [0.3, 0.4) is 0 Å². The number of fused-ring (bicyclic) bond motifs is 2. The second-order valence-corrected chi connectivity index (χ2v) is 13.9. The van der Waals surface area contributed by atoms with Gasteiger partial charge in [-0.1, -0.05) is 78.9 Å². The zero-order valence-electron chi connectivity index (χ0n) is 27.7. The van der Waals surface area contributed by atoms with Crippen LogP contribution in [0, 0.1) is 0 Å². The van der Waals surface area contributed by atoms with Crippen LogP contribution < -0.4 is 14.2 Å². The molecule has 0 radical (unpaired) electrons. The summed E-state index contributed by atoms with van der Waals surface area (Å²) in [4.78, 5) is 1.93. The van der Waals surface area contributed by atoms with Crippen LogP contribution >= 0.6 is 0 Å². The van der Waals surface area contributed by atoms with Crippen molar-refractivity contribution in [3.8, 4) is 28.0 Å². The fraction of sp³-hybridized carbons (Fsp3) is 0.216. The molecule has 0 spiro atoms. The third-order valence-electron chi connectivity index (χ3n) is 8.27. The molecule has 0 saturated carbocycles. The lowest BCUT2D eigenvalue weighted by Gasteiger charge is -2.19. The number of rotatable bonds is 15. The number of aryl methyl sites for hydroxylation is 1. The Morgan fingerprint density at radius 1 is 0.843 bits per heavy atom. The van der Waals surface area contributed by atoms with Gasteiger partial charge >= 0.3 is 16.3 Å². The molecular weight excluding hydrogens is 697 g/mol. The molecule has 51 heavy (non-hydrogen) atoms. The average molecular weight is 733 g/mol. The van der Waals surface area contributed by atoms with Gasteiger partial charge in [-0.3, -0.25) is 8.74 Å². The van der Waals surface area contributed by atoms with Gasteiger partial charge in [0, 0.05) is 25.1 Å². The maximum atomic E-state index is 11.2. The molecule has 2 heterocycles. The van der Waals surface area contributed by atoms with Crippen molar-refractivity contribution >= 4 is 37.6 Å². The number of hydrogen-bond acceptors (Lipinski definition) is 10. The fourth-order valence-electron chi connectivity index (χ4n) is 5.91. The summed E-state index contributed by atoms with van der Waals surface area (Å²) in [6, 6.07) is 31.5. The highest BCUT2D eigenvalue weighted by Crippen LogP contribution is 2.42. The van der Waals surface area contributed by atoms with Crippen molar-refractivity contribution in [2.45, 2.75) is 32.7 Å². The van der Waals surface area contributed by atoms with Crippen LogP contribution in [0.5, 0.6) is 5.75 Å². The summed E-state index contributed by atoms with van der Waals surface area (Å²) in [7, 11) is -9.41. The topological polar surface area (TPSA) is 160 Å². The van der Waals surface area contributed by atoms with Crippen LogP contribution in [0.4, 0.5) is 5.69 Å². The van der Waals surface area contributed by atoms with E-state index in [-0.39, 0.29) is 26.1 Å². The Balaban J connectivity index is 1.32. The van der Waals surface area contributed by atoms with Gasteiger partial charge in [-0.05, 0) is 59.4 Å². The molecule has 1 N–H and O–H groups in total. The Morgan fingerprint density at radius 3 is 2.14 bits per heavy atom. The minimum Gasteiger partial charge on any atom is -0.726 e. The molecule has 0 unspecified atom stereocenters. The zero-order chi connectivity index (χ0) is 36.0. The van der Waals surface area contributed by atoms with Gasteiger partial charge in [-0.25, -0.2) is 12.6 Å². The minimum atomic E-state index is -4.83. The van der Waals surface area contributed by atoms with Crippen LogP contribution in [-0.2, 0) is 42.1 Å². The molecule has 266 valence electrons. The van der Waals surface area contributed by atoms with Crippen molar-refractivity contribution in [2.24, 2.45) is 0 Å². The van der Waals surface area contributed by atoms with E-state index in [2.05, 4.69) is 8.37 Å². The molecule has 0 saturated heterocycles. The summed E-state index contributed by atoms with van der Waals surface area (Å²) in [5.74, 6) is 1.70. The van der Waals surface area contributed by atoms with E-state index < -0.39 is 20.8 Å². The largest absolute Gasteiger partial charge is 0.726 e. The van der Waals surface area contributed by atoms with E-state index in [1.54, 1.807) is 0 Å². The molecule has 1 aliphatic rings. The maximum Gasteiger partial charge on any atom is 0.397 e. The Labute approximate surface area is 296 Å². The normalized spacial score (nSPS) is 14.3. The first-order chi connectivity index (χ1) is 24.5. The Morgan fingerprint density at radius 2 is 1.49 bits per heavy atom. The van der Waals surface area contributed by atoms with Gasteiger partial charge in [-0.2, -0.15) is 13.0 Å². The van der Waals surface area contributed by atoms with Gasteiger partial charge in [0.25, 0.3) is 5.52 Å². The molecular formula is C37H36N2O10S2. The lowest BCUT2D eigenvalue weighted by Crippen LogP contribution is -2.37. The first kappa shape index (κ1) is 36.0. The van der Waals surface area contributed by atoms with E-state index in [0.717, 1.165) is 39.0 Å². The minimum absolute atomic E-state index is 0.228. The van der Waals surface area contributed by atoms with E-state index in [0.29, 0.717) is 42.6 Å². The van der Waals surface area contributed by atoms with Gasteiger partial charge in [-0.15, -0.1) is 0 Å². The fourth-order valence-corrected chi connectivity index (χ4v) is 6.56. The van der Waals surface area contributed by atoms with Gasteiger partial charge in [0.2, 0.25) is 21.9 Å². The molecule has 0 aliphatic carbocycles. The van der Waals surface area contributed by atoms with Crippen molar-refractivity contribution in [3.05, 3.63) is 127 Å². The van der Waals surface area contributed by atoms with Crippen LogP contribution in [0.25, 0.3) is 33.4 Å². The van der Waals surface area contributed by atoms with E-state index in [9.17, 15) is 21.4 Å². The monoisotopic (exact) mass is 732 g/mol. The molecule has 1 aliphatic heterocycles. The molecule has 0 atom stereocenters. The highest BCUT2D eigenvalue weighted by molar-refractivity contribution is 7.81. The van der Waals surface area contributed by atoms with Crippen LogP contribution in [0.15, 0.2) is 125 Å². The number of aromatic nitrogens is 1. The number of anilines is 1. The number of ether oxygens (including phenoxy) is 1. The maximum absolute atomic E-state index is 11.2.